The first-order valence-corrected chi connectivity index (χ1v) is 7.11. The van der Waals surface area contributed by atoms with E-state index in [0.29, 0.717) is 36.6 Å². The molecule has 0 saturated carbocycles. The second-order valence-electron chi connectivity index (χ2n) is 4.41. The molecule has 21 heavy (non-hydrogen) atoms. The molecule has 1 aromatic rings. The van der Waals surface area contributed by atoms with E-state index in [9.17, 15) is 13.6 Å². The number of carbonyl (C=O) groups excluding carboxylic acids is 1. The predicted molar refractivity (Wildman–Crippen MR) is 77.7 cm³/mol. The van der Waals surface area contributed by atoms with Crippen molar-refractivity contribution in [3.05, 3.63) is 28.8 Å². The summed E-state index contributed by atoms with van der Waals surface area (Å²) < 4.78 is 29.0. The third-order valence-electron chi connectivity index (χ3n) is 2.66. The first kappa shape index (κ1) is 17.7. The second-order valence-corrected chi connectivity index (χ2v) is 4.84. The lowest BCUT2D eigenvalue weighted by Gasteiger charge is -2.12. The van der Waals surface area contributed by atoms with Crippen molar-refractivity contribution in [3.8, 4) is 5.75 Å². The average molecular weight is 321 g/mol. The van der Waals surface area contributed by atoms with Crippen molar-refractivity contribution in [3.63, 3.8) is 0 Å². The summed E-state index contributed by atoms with van der Waals surface area (Å²) in [5.41, 5.74) is 0.525. The Morgan fingerprint density at radius 2 is 2.14 bits per heavy atom. The smallest absolute Gasteiger partial charge is 0.387 e. The number of carbonyl (C=O) groups is 1. The van der Waals surface area contributed by atoms with E-state index in [0.717, 1.165) is 6.42 Å². The first-order chi connectivity index (χ1) is 10.0. The number of hydrogen-bond donors (Lipinski definition) is 2. The fraction of sp³-hybridized carbons (Fsp3) is 0.500. The number of alkyl halides is 2. The molecule has 0 aliphatic heterocycles. The van der Waals surface area contributed by atoms with Gasteiger partial charge in [-0.25, -0.2) is 0 Å². The van der Waals surface area contributed by atoms with Crippen LogP contribution in [0.2, 0.25) is 5.02 Å². The Morgan fingerprint density at radius 1 is 1.38 bits per heavy atom. The Kier molecular flexibility index (Phi) is 8.00. The van der Waals surface area contributed by atoms with Crippen LogP contribution in [0.3, 0.4) is 0 Å². The lowest BCUT2D eigenvalue weighted by atomic mass is 10.2. The van der Waals surface area contributed by atoms with E-state index in [2.05, 4.69) is 15.4 Å². The van der Waals surface area contributed by atoms with Gasteiger partial charge in [-0.05, 0) is 24.6 Å². The minimum atomic E-state index is -2.88. The van der Waals surface area contributed by atoms with Crippen LogP contribution in [0, 0.1) is 0 Å². The quantitative estimate of drug-likeness (QED) is 0.688. The van der Waals surface area contributed by atoms with Gasteiger partial charge in [-0.15, -0.1) is 0 Å². The number of benzene rings is 1. The summed E-state index contributed by atoms with van der Waals surface area (Å²) in [6.45, 7) is 0.478. The summed E-state index contributed by atoms with van der Waals surface area (Å²) in [6.07, 6.45) is 1.21. The van der Waals surface area contributed by atoms with E-state index < -0.39 is 6.61 Å². The zero-order chi connectivity index (χ0) is 15.7. The minimum absolute atomic E-state index is 0.0421. The van der Waals surface area contributed by atoms with E-state index >= 15 is 0 Å². The number of ether oxygens (including phenoxy) is 1. The third kappa shape index (κ3) is 7.24. The molecule has 1 amide bonds. The van der Waals surface area contributed by atoms with Crippen molar-refractivity contribution in [2.24, 2.45) is 0 Å². The maximum absolute atomic E-state index is 12.3. The summed E-state index contributed by atoms with van der Waals surface area (Å²) in [4.78, 5) is 11.4. The van der Waals surface area contributed by atoms with Crippen LogP contribution in [-0.4, -0.2) is 25.6 Å². The molecule has 0 unspecified atom stereocenters. The van der Waals surface area contributed by atoms with Crippen LogP contribution >= 0.6 is 11.6 Å². The van der Waals surface area contributed by atoms with Crippen LogP contribution in [0.15, 0.2) is 18.2 Å². The van der Waals surface area contributed by atoms with Gasteiger partial charge < -0.3 is 15.4 Å². The summed E-state index contributed by atoms with van der Waals surface area (Å²) in [5.74, 6) is 0.0387. The van der Waals surface area contributed by atoms with Crippen molar-refractivity contribution in [2.45, 2.75) is 32.9 Å². The standard InChI is InChI=1S/C14H19ClF2N2O2/c1-2-6-19-13(20)5-7-18-9-10-8-11(15)3-4-12(10)21-14(16)17/h3-4,8,14,18H,2,5-7,9H2,1H3,(H,19,20). The van der Waals surface area contributed by atoms with Crippen LogP contribution in [0.5, 0.6) is 5.75 Å². The van der Waals surface area contributed by atoms with Crippen molar-refractivity contribution < 1.29 is 18.3 Å². The van der Waals surface area contributed by atoms with Gasteiger partial charge in [0.25, 0.3) is 0 Å². The van der Waals surface area contributed by atoms with E-state index in [1.54, 1.807) is 6.07 Å². The van der Waals surface area contributed by atoms with E-state index in [1.165, 1.54) is 12.1 Å². The SMILES string of the molecule is CCCNC(=O)CCNCc1cc(Cl)ccc1OC(F)F. The van der Waals surface area contributed by atoms with Crippen molar-refractivity contribution in [1.29, 1.82) is 0 Å². The highest BCUT2D eigenvalue weighted by atomic mass is 35.5. The van der Waals surface area contributed by atoms with Crippen molar-refractivity contribution in [2.75, 3.05) is 13.1 Å². The van der Waals surface area contributed by atoms with Crippen LogP contribution in [0.1, 0.15) is 25.3 Å². The lowest BCUT2D eigenvalue weighted by Crippen LogP contribution is -2.28. The lowest BCUT2D eigenvalue weighted by molar-refractivity contribution is -0.120. The molecule has 0 atom stereocenters. The Bertz CT molecular complexity index is 459. The van der Waals surface area contributed by atoms with Gasteiger partial charge in [-0.1, -0.05) is 18.5 Å². The van der Waals surface area contributed by atoms with E-state index in [1.807, 2.05) is 6.92 Å². The molecular weight excluding hydrogens is 302 g/mol. The maximum Gasteiger partial charge on any atom is 0.387 e. The van der Waals surface area contributed by atoms with Crippen LogP contribution in [-0.2, 0) is 11.3 Å². The first-order valence-electron chi connectivity index (χ1n) is 6.73. The molecule has 0 saturated heterocycles. The summed E-state index contributed by atoms with van der Waals surface area (Å²) in [7, 11) is 0. The van der Waals surface area contributed by atoms with Gasteiger partial charge >= 0.3 is 6.61 Å². The van der Waals surface area contributed by atoms with Crippen LogP contribution < -0.4 is 15.4 Å². The number of halogens is 3. The summed E-state index contributed by atoms with van der Waals surface area (Å²) >= 11 is 5.84. The summed E-state index contributed by atoms with van der Waals surface area (Å²) in [6, 6.07) is 4.45. The second kappa shape index (κ2) is 9.52. The van der Waals surface area contributed by atoms with Crippen molar-refractivity contribution >= 4 is 17.5 Å². The van der Waals surface area contributed by atoms with Gasteiger partial charge in [0.2, 0.25) is 5.91 Å². The number of nitrogens with one attached hydrogen (secondary N) is 2. The minimum Gasteiger partial charge on any atom is -0.434 e. The van der Waals surface area contributed by atoms with Gasteiger partial charge in [-0.2, -0.15) is 8.78 Å². The molecule has 2 N–H and O–H groups in total. The van der Waals surface area contributed by atoms with Crippen LogP contribution in [0.4, 0.5) is 8.78 Å². The third-order valence-corrected chi connectivity index (χ3v) is 2.89. The molecule has 0 fully saturated rings. The molecule has 4 nitrogen and oxygen atoms in total. The molecule has 0 aliphatic rings. The number of amides is 1. The molecule has 0 bridgehead atoms. The highest BCUT2D eigenvalue weighted by molar-refractivity contribution is 6.30. The van der Waals surface area contributed by atoms with E-state index in [4.69, 9.17) is 11.6 Å². The molecular formula is C14H19ClF2N2O2. The molecule has 1 aromatic carbocycles. The fourth-order valence-corrected chi connectivity index (χ4v) is 1.87. The van der Waals surface area contributed by atoms with Crippen LogP contribution in [0.25, 0.3) is 0 Å². The largest absolute Gasteiger partial charge is 0.434 e. The predicted octanol–water partition coefficient (Wildman–Crippen LogP) is 2.95. The molecule has 0 aliphatic carbocycles. The highest BCUT2D eigenvalue weighted by Crippen LogP contribution is 2.24. The summed E-state index contributed by atoms with van der Waals surface area (Å²) in [5, 5.41) is 6.20. The van der Waals surface area contributed by atoms with Gasteiger partial charge in [0.15, 0.2) is 0 Å². The van der Waals surface area contributed by atoms with Gasteiger partial charge in [0, 0.05) is 36.6 Å². The molecule has 7 heteroatoms. The van der Waals surface area contributed by atoms with Crippen molar-refractivity contribution in [1.82, 2.24) is 10.6 Å². The molecule has 0 heterocycles. The average Bonchev–Trinajstić information content (AvgIpc) is 2.43. The molecule has 118 valence electrons. The normalized spacial score (nSPS) is 10.7. The molecule has 1 rings (SSSR count). The zero-order valence-electron chi connectivity index (χ0n) is 11.8. The number of hydrogen-bond acceptors (Lipinski definition) is 3. The van der Waals surface area contributed by atoms with Gasteiger partial charge in [-0.3, -0.25) is 4.79 Å². The molecule has 0 aromatic heterocycles. The zero-order valence-corrected chi connectivity index (χ0v) is 12.6. The van der Waals surface area contributed by atoms with Gasteiger partial charge in [0.1, 0.15) is 5.75 Å². The Balaban J connectivity index is 2.43. The van der Waals surface area contributed by atoms with Gasteiger partial charge in [0.05, 0.1) is 0 Å². The number of rotatable bonds is 9. The van der Waals surface area contributed by atoms with E-state index in [-0.39, 0.29) is 11.7 Å². The topological polar surface area (TPSA) is 50.4 Å². The maximum atomic E-state index is 12.3. The Morgan fingerprint density at radius 3 is 2.81 bits per heavy atom. The Hall–Kier alpha value is -1.40. The monoisotopic (exact) mass is 320 g/mol. The highest BCUT2D eigenvalue weighted by Gasteiger charge is 2.10. The molecule has 0 spiro atoms. The molecule has 0 radical (unpaired) electrons. The Labute approximate surface area is 127 Å². The fourth-order valence-electron chi connectivity index (χ4n) is 1.67.